The summed E-state index contributed by atoms with van der Waals surface area (Å²) in [6.07, 6.45) is 0. The predicted molar refractivity (Wildman–Crippen MR) is 81.2 cm³/mol. The van der Waals surface area contributed by atoms with Gasteiger partial charge in [0.25, 0.3) is 15.9 Å². The molecule has 0 heterocycles. The first-order valence-electron chi connectivity index (χ1n) is 6.46. The Hall–Kier alpha value is -2.33. The van der Waals surface area contributed by atoms with Gasteiger partial charge in [-0.05, 0) is 19.1 Å². The van der Waals surface area contributed by atoms with Crippen LogP contribution in [-0.4, -0.2) is 19.4 Å². The van der Waals surface area contributed by atoms with Gasteiger partial charge in [0.05, 0.1) is 4.90 Å². The number of nitriles is 1. The molecule has 6 nitrogen and oxygen atoms in total. The van der Waals surface area contributed by atoms with Crippen LogP contribution in [0.15, 0.2) is 40.5 Å². The fourth-order valence-electron chi connectivity index (χ4n) is 1.54. The van der Waals surface area contributed by atoms with Gasteiger partial charge in [0.1, 0.15) is 11.8 Å². The lowest BCUT2D eigenvalue weighted by molar-refractivity contribution is -0.115. The first-order chi connectivity index (χ1) is 9.99. The van der Waals surface area contributed by atoms with Crippen LogP contribution in [0.5, 0.6) is 0 Å². The molecule has 0 spiro atoms. The summed E-state index contributed by atoms with van der Waals surface area (Å²) in [5.74, 6) is -1.62. The van der Waals surface area contributed by atoms with E-state index in [1.165, 1.54) is 12.1 Å². The number of aliphatic hydroxyl groups excluding tert-OH is 1. The summed E-state index contributed by atoms with van der Waals surface area (Å²) >= 11 is 0. The Morgan fingerprint density at radius 3 is 2.14 bits per heavy atom. The van der Waals surface area contributed by atoms with Crippen molar-refractivity contribution in [1.29, 1.82) is 5.26 Å². The number of nitrogens with one attached hydrogen (secondary N) is 1. The van der Waals surface area contributed by atoms with Crippen molar-refractivity contribution in [3.63, 3.8) is 0 Å². The number of benzene rings is 1. The van der Waals surface area contributed by atoms with Gasteiger partial charge in [-0.15, -0.1) is 0 Å². The summed E-state index contributed by atoms with van der Waals surface area (Å²) in [7, 11) is -4.11. The number of rotatable bonds is 3. The number of amides is 1. The molecule has 2 N–H and O–H groups in total. The third-order valence-electron chi connectivity index (χ3n) is 2.84. The Morgan fingerprint density at radius 1 is 1.23 bits per heavy atom. The Balaban J connectivity index is 3.16. The molecule has 0 fully saturated rings. The molecule has 1 aromatic carbocycles. The molecule has 1 rings (SSSR count). The van der Waals surface area contributed by atoms with E-state index in [9.17, 15) is 18.3 Å². The molecule has 0 aliphatic carbocycles. The van der Waals surface area contributed by atoms with Crippen molar-refractivity contribution in [2.75, 3.05) is 0 Å². The molecule has 0 aromatic heterocycles. The van der Waals surface area contributed by atoms with E-state index in [-0.39, 0.29) is 4.90 Å². The number of nitrogens with zero attached hydrogens (tertiary/aromatic N) is 1. The van der Waals surface area contributed by atoms with Crippen molar-refractivity contribution in [1.82, 2.24) is 4.72 Å². The molecule has 0 unspecified atom stereocenters. The Kier molecular flexibility index (Phi) is 4.99. The lowest BCUT2D eigenvalue weighted by Crippen LogP contribution is -2.33. The molecule has 0 saturated heterocycles. The minimum Gasteiger partial charge on any atom is -0.510 e. The highest BCUT2D eigenvalue weighted by molar-refractivity contribution is 7.90. The van der Waals surface area contributed by atoms with Gasteiger partial charge in [-0.1, -0.05) is 38.5 Å². The van der Waals surface area contributed by atoms with Gasteiger partial charge < -0.3 is 5.11 Å². The zero-order valence-corrected chi connectivity index (χ0v) is 13.7. The zero-order valence-electron chi connectivity index (χ0n) is 12.8. The second-order valence-electron chi connectivity index (χ2n) is 5.83. The Labute approximate surface area is 130 Å². The highest BCUT2D eigenvalue weighted by Gasteiger charge is 2.27. The van der Waals surface area contributed by atoms with E-state index in [4.69, 9.17) is 5.26 Å². The van der Waals surface area contributed by atoms with E-state index < -0.39 is 32.7 Å². The van der Waals surface area contributed by atoms with E-state index in [1.54, 1.807) is 50.6 Å². The molecule has 1 aromatic rings. The number of carbonyl (C=O) groups excluding carboxylic acids is 1. The van der Waals surface area contributed by atoms with Gasteiger partial charge in [-0.3, -0.25) is 4.79 Å². The number of aryl methyl sites for hydroxylation is 1. The Morgan fingerprint density at radius 2 is 1.73 bits per heavy atom. The number of hydrogen-bond donors (Lipinski definition) is 2. The molecule has 0 aliphatic rings. The van der Waals surface area contributed by atoms with Crippen LogP contribution in [0.3, 0.4) is 0 Å². The lowest BCUT2D eigenvalue weighted by atomic mass is 9.91. The maximum atomic E-state index is 12.1. The summed E-state index contributed by atoms with van der Waals surface area (Å²) in [5.41, 5.74) is -0.604. The smallest absolute Gasteiger partial charge is 0.279 e. The van der Waals surface area contributed by atoms with Crippen molar-refractivity contribution in [2.24, 2.45) is 5.41 Å². The summed E-state index contributed by atoms with van der Waals surface area (Å²) in [4.78, 5) is 11.9. The SMILES string of the molecule is Cc1ccc(S(=O)(=O)NC(=O)/C(C#N)=C(\O)C(C)(C)C)cc1. The maximum absolute atomic E-state index is 12.1. The molecule has 22 heavy (non-hydrogen) atoms. The van der Waals surface area contributed by atoms with E-state index in [0.717, 1.165) is 5.56 Å². The van der Waals surface area contributed by atoms with Crippen LogP contribution in [0.2, 0.25) is 0 Å². The minimum absolute atomic E-state index is 0.0982. The van der Waals surface area contributed by atoms with Gasteiger partial charge in [0.2, 0.25) is 0 Å². The fourth-order valence-corrected chi connectivity index (χ4v) is 2.49. The molecular weight excluding hydrogens is 304 g/mol. The van der Waals surface area contributed by atoms with Crippen LogP contribution in [0.25, 0.3) is 0 Å². The predicted octanol–water partition coefficient (Wildman–Crippen LogP) is 2.18. The monoisotopic (exact) mass is 322 g/mol. The van der Waals surface area contributed by atoms with Crippen molar-refractivity contribution in [3.8, 4) is 6.07 Å². The first-order valence-corrected chi connectivity index (χ1v) is 7.95. The largest absolute Gasteiger partial charge is 0.510 e. The van der Waals surface area contributed by atoms with Gasteiger partial charge in [0.15, 0.2) is 5.57 Å². The van der Waals surface area contributed by atoms with Gasteiger partial charge in [-0.2, -0.15) is 5.26 Å². The second-order valence-corrected chi connectivity index (χ2v) is 7.52. The molecule has 0 bridgehead atoms. The third-order valence-corrected chi connectivity index (χ3v) is 4.19. The maximum Gasteiger partial charge on any atom is 0.279 e. The average Bonchev–Trinajstić information content (AvgIpc) is 2.38. The molecular formula is C15H18N2O4S. The van der Waals surface area contributed by atoms with Gasteiger partial charge in [0, 0.05) is 5.41 Å². The summed E-state index contributed by atoms with van der Waals surface area (Å²) in [5, 5.41) is 18.9. The van der Waals surface area contributed by atoms with E-state index in [1.807, 2.05) is 0 Å². The van der Waals surface area contributed by atoms with Crippen LogP contribution in [-0.2, 0) is 14.8 Å². The van der Waals surface area contributed by atoms with Crippen LogP contribution < -0.4 is 4.72 Å². The molecule has 0 aliphatic heterocycles. The fraction of sp³-hybridized carbons (Fsp3) is 0.333. The topological polar surface area (TPSA) is 107 Å². The zero-order chi connectivity index (χ0) is 17.1. The number of aliphatic hydroxyl groups is 1. The summed E-state index contributed by atoms with van der Waals surface area (Å²) < 4.78 is 26.0. The summed E-state index contributed by atoms with van der Waals surface area (Å²) in [6, 6.07) is 7.43. The van der Waals surface area contributed by atoms with E-state index in [2.05, 4.69) is 0 Å². The van der Waals surface area contributed by atoms with Crippen molar-refractivity contribution in [3.05, 3.63) is 41.2 Å². The minimum atomic E-state index is -4.11. The second kappa shape index (κ2) is 6.20. The molecule has 0 saturated carbocycles. The normalized spacial score (nSPS) is 13.0. The first kappa shape index (κ1) is 17.7. The number of sulfonamides is 1. The highest BCUT2D eigenvalue weighted by Crippen LogP contribution is 2.25. The molecule has 118 valence electrons. The number of carbonyl (C=O) groups is 1. The summed E-state index contributed by atoms with van der Waals surface area (Å²) in [6.45, 7) is 6.59. The van der Waals surface area contributed by atoms with Crippen molar-refractivity contribution >= 4 is 15.9 Å². The molecule has 7 heteroatoms. The highest BCUT2D eigenvalue weighted by atomic mass is 32.2. The van der Waals surface area contributed by atoms with E-state index in [0.29, 0.717) is 0 Å². The molecule has 0 radical (unpaired) electrons. The molecule has 0 atom stereocenters. The Bertz CT molecular complexity index is 748. The third kappa shape index (κ3) is 4.09. The number of hydrogen-bond acceptors (Lipinski definition) is 5. The van der Waals surface area contributed by atoms with Gasteiger partial charge in [-0.25, -0.2) is 13.1 Å². The van der Waals surface area contributed by atoms with Crippen LogP contribution in [0.4, 0.5) is 0 Å². The number of allylic oxidation sites excluding steroid dienone is 1. The lowest BCUT2D eigenvalue weighted by Gasteiger charge is -2.18. The quantitative estimate of drug-likeness (QED) is 0.504. The average molecular weight is 322 g/mol. The van der Waals surface area contributed by atoms with Gasteiger partial charge >= 0.3 is 0 Å². The van der Waals surface area contributed by atoms with Crippen molar-refractivity contribution < 1.29 is 18.3 Å². The van der Waals surface area contributed by atoms with Crippen molar-refractivity contribution in [2.45, 2.75) is 32.6 Å². The van der Waals surface area contributed by atoms with E-state index >= 15 is 0 Å². The van der Waals surface area contributed by atoms with Crippen LogP contribution >= 0.6 is 0 Å². The molecule has 1 amide bonds. The van der Waals surface area contributed by atoms with Crippen LogP contribution in [0, 0.1) is 23.7 Å². The standard InChI is InChI=1S/C15H18N2O4S/c1-10-5-7-11(8-6-10)22(20,21)17-14(19)12(9-16)13(18)15(2,3)4/h5-8,18H,1-4H3,(H,17,19)/b13-12-. The van der Waals surface area contributed by atoms with Crippen LogP contribution in [0.1, 0.15) is 26.3 Å².